The number of rotatable bonds is 5. The number of allylic oxidation sites excluding steroid dienone is 1. The quantitative estimate of drug-likeness (QED) is 0.323. The van der Waals surface area contributed by atoms with E-state index in [2.05, 4.69) is 6.58 Å². The molecule has 7 heteroatoms. The highest BCUT2D eigenvalue weighted by Crippen LogP contribution is 2.68. The zero-order valence-corrected chi connectivity index (χ0v) is 21.8. The number of aliphatic hydroxyl groups excluding tert-OH is 3. The molecular weight excluding hydrogens is 448 g/mol. The lowest BCUT2D eigenvalue weighted by molar-refractivity contribution is -0.175. The summed E-state index contributed by atoms with van der Waals surface area (Å²) in [6, 6.07) is 0. The van der Waals surface area contributed by atoms with Crippen molar-refractivity contribution in [1.82, 2.24) is 0 Å². The largest absolute Gasteiger partial charge is 0.390 e. The van der Waals surface area contributed by atoms with Gasteiger partial charge in [0, 0.05) is 11.3 Å². The van der Waals surface area contributed by atoms with Gasteiger partial charge in [-0.25, -0.2) is 0 Å². The van der Waals surface area contributed by atoms with Gasteiger partial charge in [0.05, 0.1) is 35.1 Å². The third kappa shape index (κ3) is 3.80. The van der Waals surface area contributed by atoms with Gasteiger partial charge in [-0.05, 0) is 100 Å². The molecular formula is C28H44O7. The monoisotopic (exact) mass is 492 g/mol. The first-order chi connectivity index (χ1) is 15.9. The molecule has 0 amide bonds. The van der Waals surface area contributed by atoms with Crippen LogP contribution in [-0.2, 0) is 4.79 Å². The Morgan fingerprint density at radius 1 is 1.11 bits per heavy atom. The van der Waals surface area contributed by atoms with Gasteiger partial charge in [0.1, 0.15) is 0 Å². The van der Waals surface area contributed by atoms with Crippen LogP contribution in [0.1, 0.15) is 79.6 Å². The first-order valence-corrected chi connectivity index (χ1v) is 13.0. The van der Waals surface area contributed by atoms with Gasteiger partial charge in [-0.2, -0.15) is 0 Å². The van der Waals surface area contributed by atoms with Crippen LogP contribution in [0.15, 0.2) is 23.8 Å². The molecule has 0 unspecified atom stereocenters. The molecule has 198 valence electrons. The van der Waals surface area contributed by atoms with Crippen LogP contribution in [0.2, 0.25) is 0 Å². The smallest absolute Gasteiger partial charge is 0.159 e. The Bertz CT molecular complexity index is 932. The summed E-state index contributed by atoms with van der Waals surface area (Å²) in [6.45, 7) is 12.6. The maximum atomic E-state index is 13.3. The summed E-state index contributed by atoms with van der Waals surface area (Å²) < 4.78 is 0. The van der Waals surface area contributed by atoms with Gasteiger partial charge in [0.15, 0.2) is 5.78 Å². The average Bonchev–Trinajstić information content (AvgIpc) is 3.01. The van der Waals surface area contributed by atoms with Gasteiger partial charge in [-0.3, -0.25) is 4.79 Å². The third-order valence-electron chi connectivity index (χ3n) is 10.8. The number of aliphatic hydroxyl groups is 6. The van der Waals surface area contributed by atoms with Crippen LogP contribution < -0.4 is 0 Å². The zero-order chi connectivity index (χ0) is 26.4. The predicted molar refractivity (Wildman–Crippen MR) is 131 cm³/mol. The maximum absolute atomic E-state index is 13.3. The minimum absolute atomic E-state index is 0.0330. The summed E-state index contributed by atoms with van der Waals surface area (Å²) in [7, 11) is 0. The van der Waals surface area contributed by atoms with E-state index in [1.165, 1.54) is 0 Å². The second kappa shape index (κ2) is 8.20. The normalized spacial score (nSPS) is 46.1. The second-order valence-corrected chi connectivity index (χ2v) is 13.2. The molecule has 0 radical (unpaired) electrons. The Kier molecular flexibility index (Phi) is 6.32. The molecule has 3 saturated carbocycles. The van der Waals surface area contributed by atoms with E-state index in [4.69, 9.17) is 0 Å². The molecule has 3 fully saturated rings. The van der Waals surface area contributed by atoms with Crippen molar-refractivity contribution in [3.63, 3.8) is 0 Å². The van der Waals surface area contributed by atoms with Crippen LogP contribution in [0.3, 0.4) is 0 Å². The highest BCUT2D eigenvalue weighted by molar-refractivity contribution is 5.95. The second-order valence-electron chi connectivity index (χ2n) is 13.2. The Balaban J connectivity index is 1.67. The molecule has 0 heterocycles. The first-order valence-electron chi connectivity index (χ1n) is 13.0. The lowest BCUT2D eigenvalue weighted by atomic mass is 9.45. The fourth-order valence-electron chi connectivity index (χ4n) is 8.23. The van der Waals surface area contributed by atoms with Crippen molar-refractivity contribution < 1.29 is 35.4 Å². The van der Waals surface area contributed by atoms with E-state index in [1.54, 1.807) is 26.8 Å². The molecule has 7 nitrogen and oxygen atoms in total. The number of fused-ring (bicyclic) bond motifs is 5. The van der Waals surface area contributed by atoms with Crippen molar-refractivity contribution >= 4 is 5.78 Å². The SMILES string of the molecule is C=C(C[C@@H](O)[C@@](C)(O)[C@H]1CC[C@@]2(O)C3=CC(=O)[C@H]4C[C@@H](O)[C@@H](O)C[C@]4(C)[C@@H]3CC[C@]12C)C(C)(C)O. The van der Waals surface area contributed by atoms with E-state index in [9.17, 15) is 35.4 Å². The molecule has 4 rings (SSSR count). The average molecular weight is 493 g/mol. The van der Waals surface area contributed by atoms with Crippen molar-refractivity contribution in [3.8, 4) is 0 Å². The Hall–Kier alpha value is -1.09. The van der Waals surface area contributed by atoms with E-state index in [1.807, 2.05) is 13.8 Å². The zero-order valence-electron chi connectivity index (χ0n) is 21.8. The number of hydrogen-bond acceptors (Lipinski definition) is 7. The fourth-order valence-corrected chi connectivity index (χ4v) is 8.23. The molecule has 0 saturated heterocycles. The molecule has 0 bridgehead atoms. The summed E-state index contributed by atoms with van der Waals surface area (Å²) in [6.07, 6.45) is 1.27. The molecule has 35 heavy (non-hydrogen) atoms. The number of hydrogen-bond donors (Lipinski definition) is 6. The third-order valence-corrected chi connectivity index (χ3v) is 10.8. The van der Waals surface area contributed by atoms with Crippen molar-refractivity contribution in [1.29, 1.82) is 0 Å². The Labute approximate surface area is 208 Å². The molecule has 6 N–H and O–H groups in total. The van der Waals surface area contributed by atoms with Gasteiger partial charge in [0.25, 0.3) is 0 Å². The minimum Gasteiger partial charge on any atom is -0.390 e. The van der Waals surface area contributed by atoms with Crippen molar-refractivity contribution in [2.45, 2.75) is 115 Å². The minimum atomic E-state index is -1.54. The predicted octanol–water partition coefficient (Wildman–Crippen LogP) is 2.02. The van der Waals surface area contributed by atoms with Crippen LogP contribution in [0.5, 0.6) is 0 Å². The molecule has 0 aromatic heterocycles. The van der Waals surface area contributed by atoms with Crippen LogP contribution >= 0.6 is 0 Å². The lowest BCUT2D eigenvalue weighted by Gasteiger charge is -2.60. The van der Waals surface area contributed by atoms with Crippen molar-refractivity contribution in [2.75, 3.05) is 0 Å². The molecule has 0 aromatic carbocycles. The van der Waals surface area contributed by atoms with E-state index >= 15 is 0 Å². The summed E-state index contributed by atoms with van der Waals surface area (Å²) in [5.41, 5.74) is -4.27. The van der Waals surface area contributed by atoms with Crippen LogP contribution in [0.25, 0.3) is 0 Å². The lowest BCUT2D eigenvalue weighted by Crippen LogP contribution is -2.62. The maximum Gasteiger partial charge on any atom is 0.159 e. The van der Waals surface area contributed by atoms with Crippen LogP contribution in [-0.4, -0.2) is 71.5 Å². The highest BCUT2D eigenvalue weighted by Gasteiger charge is 2.69. The fraction of sp³-hybridized carbons (Fsp3) is 0.821. The Morgan fingerprint density at radius 3 is 2.34 bits per heavy atom. The van der Waals surface area contributed by atoms with Gasteiger partial charge in [-0.15, -0.1) is 0 Å². The topological polar surface area (TPSA) is 138 Å². The molecule has 0 aromatic rings. The summed E-state index contributed by atoms with van der Waals surface area (Å²) in [5.74, 6) is -1.04. The van der Waals surface area contributed by atoms with Gasteiger partial charge in [0.2, 0.25) is 0 Å². The van der Waals surface area contributed by atoms with E-state index in [-0.39, 0.29) is 24.5 Å². The molecule has 0 aliphatic heterocycles. The van der Waals surface area contributed by atoms with Crippen LogP contribution in [0, 0.1) is 28.6 Å². The number of carbonyl (C=O) groups excluding carboxylic acids is 1. The van der Waals surface area contributed by atoms with Gasteiger partial charge < -0.3 is 30.6 Å². The van der Waals surface area contributed by atoms with E-state index < -0.39 is 57.8 Å². The molecule has 0 spiro atoms. The Morgan fingerprint density at radius 2 is 1.74 bits per heavy atom. The summed E-state index contributed by atoms with van der Waals surface area (Å²) in [5, 5.41) is 65.9. The molecule has 4 aliphatic rings. The standard InChI is InChI=1S/C28H44O7/c1-15(24(2,3)33)11-23(32)27(6,34)22-8-10-28(35)17-12-19(29)18-13-20(30)21(31)14-25(18,4)16(17)7-9-26(22,28)5/h12,16,18,20-23,30-35H,1,7-11,13-14H2,2-6H3/t16-,18-,20-,21+,22+,23-,25-,26-,27+,28-/m1/s1. The van der Waals surface area contributed by atoms with Crippen molar-refractivity contribution in [3.05, 3.63) is 23.8 Å². The van der Waals surface area contributed by atoms with E-state index in [0.29, 0.717) is 43.3 Å². The molecule has 4 aliphatic carbocycles. The van der Waals surface area contributed by atoms with Gasteiger partial charge in [-0.1, -0.05) is 20.4 Å². The van der Waals surface area contributed by atoms with Crippen molar-refractivity contribution in [2.24, 2.45) is 28.6 Å². The number of ketones is 1. The highest BCUT2D eigenvalue weighted by atomic mass is 16.3. The molecule has 10 atom stereocenters. The number of carbonyl (C=O) groups is 1. The van der Waals surface area contributed by atoms with Crippen LogP contribution in [0.4, 0.5) is 0 Å². The van der Waals surface area contributed by atoms with E-state index in [0.717, 1.165) is 0 Å². The van der Waals surface area contributed by atoms with Gasteiger partial charge >= 0.3 is 0 Å². The first kappa shape index (κ1) is 27.0. The summed E-state index contributed by atoms with van der Waals surface area (Å²) in [4.78, 5) is 13.3. The summed E-state index contributed by atoms with van der Waals surface area (Å²) >= 11 is 0.